The smallest absolute Gasteiger partial charge is 0.247 e. The van der Waals surface area contributed by atoms with Gasteiger partial charge in [0.25, 0.3) is 0 Å². The van der Waals surface area contributed by atoms with E-state index in [1.807, 2.05) is 36.4 Å². The first-order valence-electron chi connectivity index (χ1n) is 9.13. The second-order valence-electron chi connectivity index (χ2n) is 6.46. The van der Waals surface area contributed by atoms with Gasteiger partial charge in [0, 0.05) is 45.9 Å². The fourth-order valence-electron chi connectivity index (χ4n) is 2.77. The Morgan fingerprint density at radius 1 is 1.10 bits per heavy atom. The van der Waals surface area contributed by atoms with Crippen LogP contribution in [0.5, 0.6) is 0 Å². The van der Waals surface area contributed by atoms with Gasteiger partial charge >= 0.3 is 0 Å². The van der Waals surface area contributed by atoms with Crippen molar-refractivity contribution in [1.29, 1.82) is 0 Å². The summed E-state index contributed by atoms with van der Waals surface area (Å²) in [5.41, 5.74) is 1.76. The monoisotopic (exact) mass is 458 g/mol. The van der Waals surface area contributed by atoms with Crippen LogP contribution in [-0.2, 0) is 17.6 Å². The van der Waals surface area contributed by atoms with Crippen LogP contribution in [0.15, 0.2) is 59.1 Å². The molecule has 0 spiro atoms. The number of nitrogens with one attached hydrogen (secondary N) is 1. The Bertz CT molecular complexity index is 1160. The summed E-state index contributed by atoms with van der Waals surface area (Å²) < 4.78 is 5.62. The minimum absolute atomic E-state index is 0.170. The maximum absolute atomic E-state index is 12.3. The van der Waals surface area contributed by atoms with Gasteiger partial charge in [0.1, 0.15) is 0 Å². The SMILES string of the molecule is O=C(CCc1nnc(-c2ccccc2)o1)Nc1ncc(Cc2cc(Cl)ccc2Cl)s1. The molecule has 0 saturated carbocycles. The quantitative estimate of drug-likeness (QED) is 0.386. The summed E-state index contributed by atoms with van der Waals surface area (Å²) >= 11 is 13.6. The van der Waals surface area contributed by atoms with Gasteiger partial charge in [0.2, 0.25) is 17.7 Å². The number of thiazole rings is 1. The Morgan fingerprint density at radius 2 is 1.93 bits per heavy atom. The first-order valence-corrected chi connectivity index (χ1v) is 10.7. The van der Waals surface area contributed by atoms with Crippen LogP contribution in [0.2, 0.25) is 10.0 Å². The average Bonchev–Trinajstić information content (AvgIpc) is 3.39. The van der Waals surface area contributed by atoms with E-state index in [2.05, 4.69) is 20.5 Å². The van der Waals surface area contributed by atoms with Crippen molar-refractivity contribution in [1.82, 2.24) is 15.2 Å². The molecule has 2 aromatic heterocycles. The lowest BCUT2D eigenvalue weighted by atomic mass is 10.1. The van der Waals surface area contributed by atoms with Crippen molar-refractivity contribution in [2.45, 2.75) is 19.3 Å². The van der Waals surface area contributed by atoms with Gasteiger partial charge < -0.3 is 9.73 Å². The maximum atomic E-state index is 12.3. The summed E-state index contributed by atoms with van der Waals surface area (Å²) in [6.07, 6.45) is 2.88. The highest BCUT2D eigenvalue weighted by atomic mass is 35.5. The number of carbonyl (C=O) groups is 1. The van der Waals surface area contributed by atoms with E-state index in [1.165, 1.54) is 11.3 Å². The Hall–Kier alpha value is -2.74. The summed E-state index contributed by atoms with van der Waals surface area (Å²) in [6.45, 7) is 0. The number of hydrogen-bond acceptors (Lipinski definition) is 6. The summed E-state index contributed by atoms with van der Waals surface area (Å²) in [7, 11) is 0. The van der Waals surface area contributed by atoms with E-state index in [9.17, 15) is 4.79 Å². The second-order valence-corrected chi connectivity index (χ2v) is 8.42. The number of hydrogen-bond donors (Lipinski definition) is 1. The van der Waals surface area contributed by atoms with Crippen LogP contribution < -0.4 is 5.32 Å². The maximum Gasteiger partial charge on any atom is 0.247 e. The molecule has 0 saturated heterocycles. The zero-order valence-corrected chi connectivity index (χ0v) is 18.0. The lowest BCUT2D eigenvalue weighted by Gasteiger charge is -2.02. The molecule has 1 N–H and O–H groups in total. The standard InChI is InChI=1S/C21H16Cl2N4O2S/c22-15-6-7-17(23)14(10-15)11-16-12-24-21(30-16)25-18(28)8-9-19-26-27-20(29-19)13-4-2-1-3-5-13/h1-7,10,12H,8-9,11H2,(H,24,25,28). The molecule has 4 rings (SSSR count). The third-order valence-corrected chi connectivity index (χ3v) is 5.74. The highest BCUT2D eigenvalue weighted by Gasteiger charge is 2.12. The molecule has 0 aliphatic rings. The number of amides is 1. The van der Waals surface area contributed by atoms with Gasteiger partial charge in [-0.05, 0) is 35.9 Å². The molecule has 2 heterocycles. The number of aromatic nitrogens is 3. The molecule has 0 radical (unpaired) electrons. The van der Waals surface area contributed by atoms with E-state index in [0.717, 1.165) is 16.0 Å². The van der Waals surface area contributed by atoms with Crippen LogP contribution in [0.25, 0.3) is 11.5 Å². The first kappa shape index (κ1) is 20.5. The van der Waals surface area contributed by atoms with Gasteiger partial charge in [0.05, 0.1) is 0 Å². The number of anilines is 1. The summed E-state index contributed by atoms with van der Waals surface area (Å²) in [5.74, 6) is 0.686. The Morgan fingerprint density at radius 3 is 2.77 bits per heavy atom. The summed E-state index contributed by atoms with van der Waals surface area (Å²) in [5, 5.41) is 12.6. The first-order chi connectivity index (χ1) is 14.6. The molecule has 6 nitrogen and oxygen atoms in total. The van der Waals surface area contributed by atoms with Crippen LogP contribution >= 0.6 is 34.5 Å². The van der Waals surface area contributed by atoms with Crippen LogP contribution in [0.3, 0.4) is 0 Å². The molecular formula is C21H16Cl2N4O2S. The van der Waals surface area contributed by atoms with Gasteiger partial charge in [-0.3, -0.25) is 4.79 Å². The predicted molar refractivity (Wildman–Crippen MR) is 118 cm³/mol. The van der Waals surface area contributed by atoms with Crippen molar-refractivity contribution in [3.8, 4) is 11.5 Å². The Labute approximate surface area is 186 Å². The summed E-state index contributed by atoms with van der Waals surface area (Å²) in [4.78, 5) is 17.5. The lowest BCUT2D eigenvalue weighted by molar-refractivity contribution is -0.116. The van der Waals surface area contributed by atoms with Crippen molar-refractivity contribution in [3.05, 3.63) is 81.1 Å². The molecule has 9 heteroatoms. The molecule has 30 heavy (non-hydrogen) atoms. The molecule has 0 atom stereocenters. The number of aryl methyl sites for hydroxylation is 1. The number of carbonyl (C=O) groups excluding carboxylic acids is 1. The van der Waals surface area contributed by atoms with Gasteiger partial charge in [-0.1, -0.05) is 41.4 Å². The summed E-state index contributed by atoms with van der Waals surface area (Å²) in [6, 6.07) is 14.8. The molecule has 1 amide bonds. The zero-order valence-electron chi connectivity index (χ0n) is 15.6. The van der Waals surface area contributed by atoms with Gasteiger partial charge in [-0.15, -0.1) is 21.5 Å². The third-order valence-electron chi connectivity index (χ3n) is 4.23. The average molecular weight is 459 g/mol. The van der Waals surface area contributed by atoms with Gasteiger partial charge in [0.15, 0.2) is 5.13 Å². The fourth-order valence-corrected chi connectivity index (χ4v) is 4.00. The Kier molecular flexibility index (Phi) is 6.42. The number of rotatable bonds is 7. The zero-order chi connectivity index (χ0) is 20.9. The van der Waals surface area contributed by atoms with Crippen molar-refractivity contribution in [3.63, 3.8) is 0 Å². The van der Waals surface area contributed by atoms with Gasteiger partial charge in [-0.25, -0.2) is 4.98 Å². The van der Waals surface area contributed by atoms with Crippen LogP contribution in [0.1, 0.15) is 22.8 Å². The Balaban J connectivity index is 1.31. The minimum Gasteiger partial charge on any atom is -0.421 e. The van der Waals surface area contributed by atoms with Crippen LogP contribution in [0.4, 0.5) is 5.13 Å². The van der Waals surface area contributed by atoms with E-state index < -0.39 is 0 Å². The van der Waals surface area contributed by atoms with Crippen molar-refractivity contribution < 1.29 is 9.21 Å². The molecule has 0 unspecified atom stereocenters. The highest BCUT2D eigenvalue weighted by molar-refractivity contribution is 7.15. The van der Waals surface area contributed by atoms with Crippen LogP contribution in [0, 0.1) is 0 Å². The third kappa shape index (κ3) is 5.24. The molecule has 0 aliphatic carbocycles. The van der Waals surface area contributed by atoms with Crippen LogP contribution in [-0.4, -0.2) is 21.1 Å². The molecule has 0 bridgehead atoms. The van der Waals surface area contributed by atoms with E-state index in [4.69, 9.17) is 27.6 Å². The minimum atomic E-state index is -0.170. The van der Waals surface area contributed by atoms with E-state index >= 15 is 0 Å². The van der Waals surface area contributed by atoms with Crippen molar-refractivity contribution in [2.24, 2.45) is 0 Å². The fraction of sp³-hybridized carbons (Fsp3) is 0.143. The normalized spacial score (nSPS) is 10.9. The van der Waals surface area contributed by atoms with E-state index in [-0.39, 0.29) is 12.3 Å². The predicted octanol–water partition coefficient (Wildman–Crippen LogP) is 5.66. The number of halogens is 2. The molecule has 0 fully saturated rings. The molecule has 152 valence electrons. The molecule has 2 aromatic carbocycles. The second kappa shape index (κ2) is 9.38. The van der Waals surface area contributed by atoms with E-state index in [1.54, 1.807) is 18.3 Å². The largest absolute Gasteiger partial charge is 0.421 e. The molecule has 4 aromatic rings. The number of nitrogens with zero attached hydrogens (tertiary/aromatic N) is 3. The molecule has 0 aliphatic heterocycles. The topological polar surface area (TPSA) is 80.9 Å². The van der Waals surface area contributed by atoms with Gasteiger partial charge in [-0.2, -0.15) is 0 Å². The number of benzene rings is 2. The highest BCUT2D eigenvalue weighted by Crippen LogP contribution is 2.27. The molecular weight excluding hydrogens is 443 g/mol. The van der Waals surface area contributed by atoms with E-state index in [0.29, 0.717) is 39.8 Å². The van der Waals surface area contributed by atoms with Crippen molar-refractivity contribution in [2.75, 3.05) is 5.32 Å². The lowest BCUT2D eigenvalue weighted by Crippen LogP contribution is -2.12. The van der Waals surface area contributed by atoms with Crippen molar-refractivity contribution >= 4 is 45.6 Å².